The largest absolute Gasteiger partial charge is 1.00 e. The molecule has 0 atom stereocenters. The molecule has 2 aromatic heterocycles. The molecule has 6 rings (SSSR count). The van der Waals surface area contributed by atoms with Crippen LogP contribution in [0.25, 0.3) is 44.1 Å². The molecule has 4 aromatic carbocycles. The van der Waals surface area contributed by atoms with E-state index in [1.54, 1.807) is 24.3 Å². The number of methoxy groups -OCH3 is 2. The van der Waals surface area contributed by atoms with E-state index in [9.17, 15) is 31.0 Å². The Bertz CT molecular complexity index is 1750. The number of hydrogen-bond acceptors (Lipinski definition) is 8. The van der Waals surface area contributed by atoms with Crippen LogP contribution < -0.4 is 120 Å². The van der Waals surface area contributed by atoms with Crippen LogP contribution in [0.1, 0.15) is 0 Å². The van der Waals surface area contributed by atoms with Gasteiger partial charge in [0.05, 0.1) is 14.2 Å². The normalized spacial score (nSPS) is 10.4. The Labute approximate surface area is 291 Å². The summed E-state index contributed by atoms with van der Waals surface area (Å²) < 4.78 is 12.2. The minimum absolute atomic E-state index is 0. The van der Waals surface area contributed by atoms with Crippen molar-refractivity contribution in [2.75, 3.05) is 14.2 Å². The van der Waals surface area contributed by atoms with Crippen molar-refractivity contribution in [1.82, 2.24) is 0 Å². The van der Waals surface area contributed by atoms with E-state index < -0.39 is 11.5 Å². The fraction of sp³-hybridized carbons (Fsp3) is 0.0769. The van der Waals surface area contributed by atoms with Crippen molar-refractivity contribution in [2.45, 2.75) is 0 Å². The van der Waals surface area contributed by atoms with E-state index in [2.05, 4.69) is 0 Å². The molecule has 192 valence electrons. The van der Waals surface area contributed by atoms with Gasteiger partial charge in [0, 0.05) is 24.3 Å². The van der Waals surface area contributed by atoms with Crippen molar-refractivity contribution in [3.05, 3.63) is 93.6 Å². The predicted molar refractivity (Wildman–Crippen MR) is 131 cm³/mol. The Balaban J connectivity index is 0.000000210. The maximum absolute atomic E-state index is 12.3. The molecule has 12 nitrogen and oxygen atoms in total. The van der Waals surface area contributed by atoms with Gasteiger partial charge in [-0.05, 0) is 23.6 Å². The number of hydrogen-bond donors (Lipinski definition) is 0. The molecule has 6 aromatic rings. The van der Waals surface area contributed by atoms with Crippen LogP contribution in [0.4, 0.5) is 0 Å². The van der Waals surface area contributed by atoms with E-state index in [1.807, 2.05) is 0 Å². The smallest absolute Gasteiger partial charge is 0.868 e. The summed E-state index contributed by atoms with van der Waals surface area (Å²) in [7, 11) is 2.83. The van der Waals surface area contributed by atoms with Crippen molar-refractivity contribution in [2.24, 2.45) is 0 Å². The Hall–Kier alpha value is -2.88. The third-order valence-corrected chi connectivity index (χ3v) is 6.04. The molecule has 0 radical (unpaired) electrons. The van der Waals surface area contributed by atoms with Crippen LogP contribution in [0.15, 0.2) is 72.8 Å². The van der Waals surface area contributed by atoms with E-state index in [4.69, 9.17) is 9.47 Å². The van der Waals surface area contributed by atoms with Gasteiger partial charge in [-0.1, -0.05) is 36.4 Å². The van der Waals surface area contributed by atoms with Crippen LogP contribution >= 0.6 is 0 Å². The molecule has 0 saturated carbocycles. The number of benzene rings is 4. The molecule has 0 aliphatic rings. The van der Waals surface area contributed by atoms with E-state index in [0.29, 0.717) is 18.9 Å². The first kappa shape index (κ1) is 31.6. The Morgan fingerprint density at radius 2 is 0.750 bits per heavy atom. The van der Waals surface area contributed by atoms with Gasteiger partial charge in [0.2, 0.25) is 0 Å². The molecule has 0 fully saturated rings. The van der Waals surface area contributed by atoms with Gasteiger partial charge in [-0.25, -0.2) is 0 Å². The fourth-order valence-electron chi connectivity index (χ4n) is 4.33. The quantitative estimate of drug-likeness (QED) is 0.0851. The van der Waals surface area contributed by atoms with Crippen LogP contribution in [0, 0.1) is 20.8 Å². The van der Waals surface area contributed by atoms with Gasteiger partial charge in [0.15, 0.2) is 11.5 Å². The fourth-order valence-corrected chi connectivity index (χ4v) is 4.33. The van der Waals surface area contributed by atoms with Crippen molar-refractivity contribution in [3.8, 4) is 23.0 Å². The summed E-state index contributed by atoms with van der Waals surface area (Å²) in [5.74, 6) is -0.394. The number of rotatable bonds is 2. The third kappa shape index (κ3) is 5.15. The Kier molecular flexibility index (Phi) is 10.1. The monoisotopic (exact) mass is 576 g/mol. The molecule has 40 heavy (non-hydrogen) atoms. The predicted octanol–water partition coefficient (Wildman–Crippen LogP) is -5.31. The zero-order valence-electron chi connectivity index (χ0n) is 22.0. The van der Waals surface area contributed by atoms with Gasteiger partial charge < -0.3 is 40.5 Å². The van der Waals surface area contributed by atoms with Gasteiger partial charge in [-0.15, -0.1) is 0 Å². The van der Waals surface area contributed by atoms with Gasteiger partial charge in [-0.3, -0.25) is 0 Å². The average Bonchev–Trinajstić information content (AvgIpc) is 2.93. The molecular weight excluding hydrogens is 558 g/mol. The number of fused-ring (bicyclic) bond motifs is 4. The molecule has 0 bridgehead atoms. The minimum Gasteiger partial charge on any atom is -0.868 e. The molecule has 2 heterocycles. The molecule has 14 heteroatoms. The zero-order chi connectivity index (χ0) is 27.1. The second-order valence-corrected chi connectivity index (χ2v) is 8.08. The summed E-state index contributed by atoms with van der Waals surface area (Å²) >= 11 is 0. The first-order valence-corrected chi connectivity index (χ1v) is 11.1. The summed E-state index contributed by atoms with van der Waals surface area (Å²) in [6.45, 7) is 0. The maximum atomic E-state index is 12.3. The summed E-state index contributed by atoms with van der Waals surface area (Å²) in [5, 5.41) is 72.6. The second-order valence-electron chi connectivity index (χ2n) is 8.08. The first-order valence-electron chi connectivity index (χ1n) is 11.1. The van der Waals surface area contributed by atoms with Crippen LogP contribution in [-0.4, -0.2) is 14.2 Å². The second kappa shape index (κ2) is 12.7. The maximum Gasteiger partial charge on any atom is 1.00 e. The average molecular weight is 577 g/mol. The molecule has 0 aliphatic heterocycles. The number of nitrogens with zero attached hydrogens (tertiary/aromatic N) is 4. The zero-order valence-corrected chi connectivity index (χ0v) is 27.1. The van der Waals surface area contributed by atoms with Crippen LogP contribution in [0.5, 0.6) is 23.0 Å². The van der Waals surface area contributed by atoms with E-state index in [1.165, 1.54) is 62.8 Å². The SMILES string of the molecule is COc1cccc2c1[n+]([O-])c1cccc([O-])c1[n+]2[O-].COc1cccc2c1[n+]([O-])c1cccc([O-])c1[n+]2[O-].[K+].[Na+]. The molecule has 0 unspecified atom stereocenters. The van der Waals surface area contributed by atoms with Crippen molar-refractivity contribution in [1.29, 1.82) is 0 Å². The van der Waals surface area contributed by atoms with Gasteiger partial charge in [-0.2, -0.15) is 18.9 Å². The Morgan fingerprint density at radius 1 is 0.475 bits per heavy atom. The summed E-state index contributed by atoms with van der Waals surface area (Å²) in [5.41, 5.74) is 0.141. The van der Waals surface area contributed by atoms with Gasteiger partial charge in [0.25, 0.3) is 33.1 Å². The molecular formula is C26H18KN4NaO8. The first-order chi connectivity index (χ1) is 18.3. The van der Waals surface area contributed by atoms with Crippen LogP contribution in [-0.2, 0) is 0 Å². The number of para-hydroxylation sites is 4. The van der Waals surface area contributed by atoms with E-state index in [-0.39, 0.29) is 137 Å². The van der Waals surface area contributed by atoms with Gasteiger partial charge >= 0.3 is 92.0 Å². The molecule has 0 saturated heterocycles. The Morgan fingerprint density at radius 3 is 1.07 bits per heavy atom. The van der Waals surface area contributed by atoms with Crippen LogP contribution in [0.3, 0.4) is 0 Å². The molecule has 0 aliphatic carbocycles. The van der Waals surface area contributed by atoms with E-state index in [0.717, 1.165) is 0 Å². The van der Waals surface area contributed by atoms with Crippen molar-refractivity contribution in [3.63, 3.8) is 0 Å². The topological polar surface area (TPSA) is 172 Å². The number of ether oxygens (including phenoxy) is 2. The molecule has 0 N–H and O–H groups in total. The third-order valence-electron chi connectivity index (χ3n) is 6.04. The van der Waals surface area contributed by atoms with Crippen molar-refractivity contribution < 1.29 is 120 Å². The number of aromatic nitrogens is 4. The van der Waals surface area contributed by atoms with Crippen molar-refractivity contribution >= 4 is 44.1 Å². The van der Waals surface area contributed by atoms with E-state index >= 15 is 0 Å². The minimum atomic E-state index is -0.484. The van der Waals surface area contributed by atoms with Crippen LogP contribution in [0.2, 0.25) is 0 Å². The summed E-state index contributed by atoms with van der Waals surface area (Å²) in [6, 6.07) is 17.6. The standard InChI is InChI=1S/2C13H10N2O4.K.Na/c2*1-19-11-7-3-5-9-13(11)15(18)8-4-2-6-10(16)12(8)14(9)17;;/h2*2-7,16H,1H3;;/q;;2*+1/p-2. The van der Waals surface area contributed by atoms with Gasteiger partial charge in [0.1, 0.15) is 0 Å². The summed E-state index contributed by atoms with van der Waals surface area (Å²) in [4.78, 5) is 0. The molecule has 0 amide bonds. The molecule has 0 spiro atoms. The summed E-state index contributed by atoms with van der Waals surface area (Å²) in [6.07, 6.45) is 0.